The zero-order valence-corrected chi connectivity index (χ0v) is 16.0. The predicted octanol–water partition coefficient (Wildman–Crippen LogP) is 2.15. The molecule has 0 aliphatic carbocycles. The molecule has 0 bridgehead atoms. The van der Waals surface area contributed by atoms with Gasteiger partial charge in [-0.1, -0.05) is 13.8 Å². The van der Waals surface area contributed by atoms with E-state index in [4.69, 9.17) is 10.5 Å². The second-order valence-corrected chi connectivity index (χ2v) is 7.91. The Morgan fingerprint density at radius 2 is 1.81 bits per heavy atom. The monoisotopic (exact) mass is 367 g/mol. The Morgan fingerprint density at radius 1 is 1.15 bits per heavy atom. The summed E-state index contributed by atoms with van der Waals surface area (Å²) in [6.45, 7) is 7.50. The quantitative estimate of drug-likeness (QED) is 0.891. The van der Waals surface area contributed by atoms with Gasteiger partial charge in [-0.05, 0) is 36.2 Å². The summed E-state index contributed by atoms with van der Waals surface area (Å²) in [6.07, 6.45) is 0. The van der Waals surface area contributed by atoms with Crippen molar-refractivity contribution in [1.82, 2.24) is 14.9 Å². The van der Waals surface area contributed by atoms with E-state index in [0.717, 1.165) is 37.6 Å². The van der Waals surface area contributed by atoms with Crippen LogP contribution in [0.4, 0.5) is 11.6 Å². The fraction of sp³-hybridized carbons (Fsp3) is 0.450. The molecule has 0 radical (unpaired) electrons. The van der Waals surface area contributed by atoms with Gasteiger partial charge in [0.25, 0.3) is 5.91 Å². The van der Waals surface area contributed by atoms with Gasteiger partial charge in [-0.3, -0.25) is 4.79 Å². The van der Waals surface area contributed by atoms with Crippen molar-refractivity contribution in [2.24, 2.45) is 5.41 Å². The lowest BCUT2D eigenvalue weighted by molar-refractivity contribution is -0.0108. The summed E-state index contributed by atoms with van der Waals surface area (Å²) in [7, 11) is 1.67. The molecule has 1 aromatic heterocycles. The number of methoxy groups -OCH3 is 1. The third-order valence-corrected chi connectivity index (χ3v) is 5.40. The van der Waals surface area contributed by atoms with Gasteiger partial charge in [-0.2, -0.15) is 0 Å². The molecule has 1 spiro atoms. The Kier molecular flexibility index (Phi) is 4.17. The van der Waals surface area contributed by atoms with Crippen LogP contribution in [0.1, 0.15) is 35.9 Å². The average molecular weight is 367 g/mol. The molecule has 7 nitrogen and oxygen atoms in total. The van der Waals surface area contributed by atoms with Crippen LogP contribution in [-0.2, 0) is 0 Å². The Labute approximate surface area is 159 Å². The molecular weight excluding hydrogens is 342 g/mol. The number of ether oxygens (including phenoxy) is 1. The Balaban J connectivity index is 1.37. The molecule has 27 heavy (non-hydrogen) atoms. The first kappa shape index (κ1) is 17.6. The van der Waals surface area contributed by atoms with E-state index >= 15 is 0 Å². The van der Waals surface area contributed by atoms with E-state index in [2.05, 4.69) is 27.0 Å². The molecule has 2 N–H and O–H groups in total. The summed E-state index contributed by atoms with van der Waals surface area (Å²) in [5.41, 5.74) is 8.37. The molecule has 0 saturated carbocycles. The van der Waals surface area contributed by atoms with Gasteiger partial charge in [0.15, 0.2) is 0 Å². The van der Waals surface area contributed by atoms with Crippen LogP contribution in [0.25, 0.3) is 0 Å². The Morgan fingerprint density at radius 3 is 2.41 bits per heavy atom. The number of carbonyl (C=O) groups excluding carboxylic acids is 1. The maximum atomic E-state index is 12.8. The Hall–Kier alpha value is -2.83. The topological polar surface area (TPSA) is 84.6 Å². The second-order valence-electron chi connectivity index (χ2n) is 7.91. The maximum absolute atomic E-state index is 12.8. The summed E-state index contributed by atoms with van der Waals surface area (Å²) in [4.78, 5) is 25.3. The first-order valence-electron chi connectivity index (χ1n) is 9.22. The first-order valence-corrected chi connectivity index (χ1v) is 9.22. The number of nitrogen functional groups attached to an aromatic ring is 1. The smallest absolute Gasteiger partial charge is 0.272 e. The third-order valence-electron chi connectivity index (χ3n) is 5.40. The second kappa shape index (κ2) is 6.40. The number of nitrogens with zero attached hydrogens (tertiary/aromatic N) is 4. The number of benzene rings is 1. The summed E-state index contributed by atoms with van der Waals surface area (Å²) in [5, 5.41) is 0. The van der Waals surface area contributed by atoms with Crippen LogP contribution in [0.3, 0.4) is 0 Å². The van der Waals surface area contributed by atoms with Crippen LogP contribution in [0.2, 0.25) is 0 Å². The van der Waals surface area contributed by atoms with Gasteiger partial charge in [-0.25, -0.2) is 9.97 Å². The van der Waals surface area contributed by atoms with E-state index < -0.39 is 0 Å². The van der Waals surface area contributed by atoms with E-state index in [-0.39, 0.29) is 23.2 Å². The van der Waals surface area contributed by atoms with Crippen LogP contribution in [0.15, 0.2) is 30.3 Å². The van der Waals surface area contributed by atoms with Crippen molar-refractivity contribution in [3.63, 3.8) is 0 Å². The number of nitrogens with two attached hydrogens (primary N) is 1. The van der Waals surface area contributed by atoms with Crippen molar-refractivity contribution < 1.29 is 9.53 Å². The van der Waals surface area contributed by atoms with Crippen molar-refractivity contribution >= 4 is 17.5 Å². The minimum Gasteiger partial charge on any atom is -0.497 e. The molecule has 7 heteroatoms. The van der Waals surface area contributed by atoms with E-state index in [1.54, 1.807) is 13.2 Å². The number of rotatable bonds is 4. The van der Waals surface area contributed by atoms with Gasteiger partial charge in [-0.15, -0.1) is 0 Å². The molecule has 1 aromatic carbocycles. The zero-order chi connectivity index (χ0) is 19.2. The molecule has 2 aliphatic heterocycles. The fourth-order valence-electron chi connectivity index (χ4n) is 3.90. The minimum absolute atomic E-state index is 0.0560. The summed E-state index contributed by atoms with van der Waals surface area (Å²) >= 11 is 0. The van der Waals surface area contributed by atoms with Crippen LogP contribution in [0.5, 0.6) is 5.75 Å². The number of hydrogen-bond acceptors (Lipinski definition) is 6. The number of amides is 1. The molecular formula is C20H25N5O2. The molecule has 142 valence electrons. The molecule has 2 fully saturated rings. The van der Waals surface area contributed by atoms with Crippen LogP contribution in [0, 0.1) is 5.41 Å². The molecule has 2 aliphatic rings. The van der Waals surface area contributed by atoms with Gasteiger partial charge in [0.05, 0.1) is 7.11 Å². The number of carbonyl (C=O) groups is 1. The van der Waals surface area contributed by atoms with E-state index in [1.165, 1.54) is 5.69 Å². The first-order chi connectivity index (χ1) is 12.9. The average Bonchev–Trinajstić information content (AvgIpc) is 2.59. The van der Waals surface area contributed by atoms with Crippen molar-refractivity contribution in [3.8, 4) is 5.75 Å². The molecule has 2 aromatic rings. The molecule has 0 atom stereocenters. The van der Waals surface area contributed by atoms with Crippen LogP contribution < -0.4 is 15.4 Å². The van der Waals surface area contributed by atoms with Gasteiger partial charge in [0.1, 0.15) is 11.4 Å². The van der Waals surface area contributed by atoms with Gasteiger partial charge in [0.2, 0.25) is 5.95 Å². The number of hydrogen-bond donors (Lipinski definition) is 1. The molecule has 2 saturated heterocycles. The lowest BCUT2D eigenvalue weighted by Crippen LogP contribution is -2.73. The van der Waals surface area contributed by atoms with Crippen molar-refractivity contribution in [2.45, 2.75) is 19.8 Å². The molecule has 1 amide bonds. The maximum Gasteiger partial charge on any atom is 0.272 e. The highest BCUT2D eigenvalue weighted by molar-refractivity contribution is 5.93. The summed E-state index contributed by atoms with van der Waals surface area (Å²) in [5.74, 6) is 1.17. The van der Waals surface area contributed by atoms with E-state index in [0.29, 0.717) is 5.69 Å². The SMILES string of the molecule is COc1ccc(N2CC3(CN(C(=O)c4cc(C(C)C)nc(N)n4)C3)C2)cc1. The standard InChI is InChI=1S/C20H25N5O2/c1-13(2)16-8-17(23-19(21)22-16)18(26)25-11-20(12-25)9-24(10-20)14-4-6-15(27-3)7-5-14/h4-8,13H,9-12H2,1-3H3,(H2,21,22,23). The zero-order valence-electron chi connectivity index (χ0n) is 16.0. The largest absolute Gasteiger partial charge is 0.497 e. The van der Waals surface area contributed by atoms with E-state index in [9.17, 15) is 4.79 Å². The van der Waals surface area contributed by atoms with Gasteiger partial charge >= 0.3 is 0 Å². The minimum atomic E-state index is -0.0560. The van der Waals surface area contributed by atoms with Crippen LogP contribution >= 0.6 is 0 Å². The number of anilines is 2. The van der Waals surface area contributed by atoms with E-state index in [1.807, 2.05) is 30.9 Å². The van der Waals surface area contributed by atoms with Gasteiger partial charge in [0, 0.05) is 43.0 Å². The normalized spacial score (nSPS) is 17.6. The predicted molar refractivity (Wildman–Crippen MR) is 104 cm³/mol. The molecule has 3 heterocycles. The third kappa shape index (κ3) is 3.18. The fourth-order valence-corrected chi connectivity index (χ4v) is 3.90. The van der Waals surface area contributed by atoms with Gasteiger partial charge < -0.3 is 20.3 Å². The lowest BCUT2D eigenvalue weighted by Gasteiger charge is -2.60. The van der Waals surface area contributed by atoms with Crippen LogP contribution in [-0.4, -0.2) is 54.1 Å². The molecule has 0 unspecified atom stereocenters. The van der Waals surface area contributed by atoms with Crippen molar-refractivity contribution in [1.29, 1.82) is 0 Å². The highest BCUT2D eigenvalue weighted by Crippen LogP contribution is 2.42. The van der Waals surface area contributed by atoms with Crippen molar-refractivity contribution in [2.75, 3.05) is 43.9 Å². The molecule has 4 rings (SSSR count). The Bertz CT molecular complexity index is 851. The number of likely N-dealkylation sites (tertiary alicyclic amines) is 1. The highest BCUT2D eigenvalue weighted by atomic mass is 16.5. The van der Waals surface area contributed by atoms with Crippen molar-refractivity contribution in [3.05, 3.63) is 41.7 Å². The highest BCUT2D eigenvalue weighted by Gasteiger charge is 2.53. The number of aromatic nitrogens is 2. The summed E-state index contributed by atoms with van der Waals surface area (Å²) < 4.78 is 5.21. The summed E-state index contributed by atoms with van der Waals surface area (Å²) in [6, 6.07) is 9.86. The lowest BCUT2D eigenvalue weighted by atomic mass is 9.72.